The zero-order valence-electron chi connectivity index (χ0n) is 20.4. The number of rotatable bonds is 8. The number of anilines is 3. The highest BCUT2D eigenvalue weighted by Crippen LogP contribution is 2.38. The monoisotopic (exact) mass is 521 g/mol. The van der Waals surface area contributed by atoms with Gasteiger partial charge in [-0.05, 0) is 66.7 Å². The van der Waals surface area contributed by atoms with Crippen LogP contribution < -0.4 is 20.3 Å². The van der Waals surface area contributed by atoms with Crippen LogP contribution in [0.5, 0.6) is 5.75 Å². The zero-order chi connectivity index (χ0) is 26.5. The van der Waals surface area contributed by atoms with Crippen LogP contribution in [0.1, 0.15) is 10.4 Å². The van der Waals surface area contributed by atoms with Crippen molar-refractivity contribution < 1.29 is 19.1 Å². The number of benzene rings is 4. The number of carbonyl (C=O) groups excluding carboxylic acids is 3. The first-order chi connectivity index (χ1) is 18.5. The maximum atomic E-state index is 13.5. The van der Waals surface area contributed by atoms with E-state index < -0.39 is 11.8 Å². The van der Waals surface area contributed by atoms with Crippen molar-refractivity contribution in [2.24, 2.45) is 0 Å². The molecule has 8 heteroatoms. The van der Waals surface area contributed by atoms with Gasteiger partial charge in [0.2, 0.25) is 0 Å². The lowest BCUT2D eigenvalue weighted by molar-refractivity contribution is -0.120. The summed E-state index contributed by atoms with van der Waals surface area (Å²) in [5.74, 6) is -0.496. The molecule has 0 aromatic heterocycles. The van der Waals surface area contributed by atoms with Gasteiger partial charge in [0.1, 0.15) is 16.4 Å². The lowest BCUT2D eigenvalue weighted by Gasteiger charge is -2.15. The molecule has 0 saturated carbocycles. The van der Waals surface area contributed by atoms with Gasteiger partial charge < -0.3 is 15.4 Å². The van der Waals surface area contributed by atoms with Gasteiger partial charge >= 0.3 is 0 Å². The molecule has 4 aromatic rings. The Morgan fingerprint density at radius 3 is 2.13 bits per heavy atom. The summed E-state index contributed by atoms with van der Waals surface area (Å²) in [4.78, 5) is 41.7. The van der Waals surface area contributed by atoms with Crippen molar-refractivity contribution in [2.45, 2.75) is 4.90 Å². The van der Waals surface area contributed by atoms with Crippen LogP contribution in [0, 0.1) is 0 Å². The third-order valence-electron chi connectivity index (χ3n) is 5.76. The second kappa shape index (κ2) is 11.1. The minimum atomic E-state index is -0.422. The highest BCUT2D eigenvalue weighted by atomic mass is 32.2. The fourth-order valence-corrected chi connectivity index (χ4v) is 4.81. The minimum absolute atomic E-state index is 0.213. The summed E-state index contributed by atoms with van der Waals surface area (Å²) in [7, 11) is 1.55. The Kier molecular flexibility index (Phi) is 7.24. The Hall–Kier alpha value is -4.82. The molecular weight excluding hydrogens is 498 g/mol. The van der Waals surface area contributed by atoms with Gasteiger partial charge in [-0.1, -0.05) is 54.2 Å². The number of ether oxygens (including phenoxy) is 1. The number of imide groups is 1. The number of hydrogen-bond acceptors (Lipinski definition) is 6. The van der Waals surface area contributed by atoms with E-state index in [9.17, 15) is 14.4 Å². The Morgan fingerprint density at radius 2 is 1.45 bits per heavy atom. The summed E-state index contributed by atoms with van der Waals surface area (Å²) in [5.41, 5.74) is 2.48. The van der Waals surface area contributed by atoms with Gasteiger partial charge in [0.05, 0.1) is 12.8 Å². The van der Waals surface area contributed by atoms with E-state index in [2.05, 4.69) is 10.6 Å². The van der Waals surface area contributed by atoms with Gasteiger partial charge in [0.25, 0.3) is 17.7 Å². The minimum Gasteiger partial charge on any atom is -0.497 e. The number of thioether (sulfide) groups is 1. The molecule has 7 nitrogen and oxygen atoms in total. The maximum Gasteiger partial charge on any atom is 0.283 e. The largest absolute Gasteiger partial charge is 0.497 e. The van der Waals surface area contributed by atoms with E-state index in [4.69, 9.17) is 4.74 Å². The molecule has 5 rings (SSSR count). The molecule has 1 heterocycles. The normalized spacial score (nSPS) is 13.0. The molecule has 1 aliphatic rings. The number of carbonyl (C=O) groups is 3. The van der Waals surface area contributed by atoms with E-state index in [-0.39, 0.29) is 16.5 Å². The molecule has 0 radical (unpaired) electrons. The van der Waals surface area contributed by atoms with E-state index in [1.54, 1.807) is 79.9 Å². The first-order valence-corrected chi connectivity index (χ1v) is 12.6. The average Bonchev–Trinajstić information content (AvgIpc) is 3.18. The summed E-state index contributed by atoms with van der Waals surface area (Å²) < 4.78 is 5.19. The third kappa shape index (κ3) is 5.30. The molecule has 38 heavy (non-hydrogen) atoms. The summed E-state index contributed by atoms with van der Waals surface area (Å²) in [5, 5.41) is 5.99. The number of nitrogens with zero attached hydrogens (tertiary/aromatic N) is 1. The average molecular weight is 522 g/mol. The molecule has 0 atom stereocenters. The van der Waals surface area contributed by atoms with E-state index in [1.807, 2.05) is 36.4 Å². The van der Waals surface area contributed by atoms with Crippen molar-refractivity contribution >= 4 is 46.5 Å². The highest BCUT2D eigenvalue weighted by molar-refractivity contribution is 8.04. The van der Waals surface area contributed by atoms with Gasteiger partial charge in [-0.3, -0.25) is 14.4 Å². The number of methoxy groups -OCH3 is 1. The second-order valence-electron chi connectivity index (χ2n) is 8.29. The summed E-state index contributed by atoms with van der Waals surface area (Å²) in [6.07, 6.45) is 0. The molecule has 0 aliphatic carbocycles. The van der Waals surface area contributed by atoms with Crippen molar-refractivity contribution in [1.29, 1.82) is 0 Å². The lowest BCUT2D eigenvalue weighted by atomic mass is 10.2. The number of hydrogen-bond donors (Lipinski definition) is 2. The molecule has 4 aromatic carbocycles. The Balaban J connectivity index is 1.38. The molecule has 0 spiro atoms. The quantitative estimate of drug-likeness (QED) is 0.279. The molecule has 0 fully saturated rings. The molecule has 0 saturated heterocycles. The first kappa shape index (κ1) is 24.9. The van der Waals surface area contributed by atoms with Crippen LogP contribution in [0.2, 0.25) is 0 Å². The SMILES string of the molecule is COc1cccc(C(=O)Nc2ccc(SC3=C(Nc4ccccc4)C(=O)N(c4ccccc4)C3=O)cc2)c1. The Morgan fingerprint density at radius 1 is 0.763 bits per heavy atom. The van der Waals surface area contributed by atoms with Gasteiger partial charge in [0.15, 0.2) is 0 Å². The van der Waals surface area contributed by atoms with E-state index in [0.717, 1.165) is 4.90 Å². The van der Waals surface area contributed by atoms with Crippen LogP contribution in [0.25, 0.3) is 0 Å². The van der Waals surface area contributed by atoms with Crippen molar-refractivity contribution in [3.05, 3.63) is 125 Å². The van der Waals surface area contributed by atoms with Crippen molar-refractivity contribution in [2.75, 3.05) is 22.6 Å². The van der Waals surface area contributed by atoms with Gasteiger partial charge in [-0.15, -0.1) is 0 Å². The topological polar surface area (TPSA) is 87.7 Å². The number of nitrogens with one attached hydrogen (secondary N) is 2. The van der Waals surface area contributed by atoms with Crippen molar-refractivity contribution in [1.82, 2.24) is 0 Å². The maximum absolute atomic E-state index is 13.5. The predicted molar refractivity (Wildman–Crippen MR) is 149 cm³/mol. The van der Waals surface area contributed by atoms with Gasteiger partial charge in [-0.25, -0.2) is 4.90 Å². The first-order valence-electron chi connectivity index (χ1n) is 11.8. The number of amides is 3. The molecule has 188 valence electrons. The molecule has 3 amide bonds. The molecule has 2 N–H and O–H groups in total. The number of para-hydroxylation sites is 2. The zero-order valence-corrected chi connectivity index (χ0v) is 21.2. The van der Waals surface area contributed by atoms with Crippen LogP contribution >= 0.6 is 11.8 Å². The van der Waals surface area contributed by atoms with E-state index >= 15 is 0 Å². The smallest absolute Gasteiger partial charge is 0.283 e. The summed E-state index contributed by atoms with van der Waals surface area (Å²) in [6, 6.07) is 32.1. The van der Waals surface area contributed by atoms with Crippen LogP contribution in [0.15, 0.2) is 125 Å². The Bertz CT molecular complexity index is 1520. The fourth-order valence-electron chi connectivity index (χ4n) is 3.88. The fraction of sp³-hybridized carbons (Fsp3) is 0.0333. The molecule has 0 unspecified atom stereocenters. The standard InChI is InChI=1S/C30H23N3O4S/c1-37-24-14-8-9-20(19-24)28(34)32-22-15-17-25(18-16-22)38-27-26(31-21-10-4-2-5-11-21)29(35)33(30(27)36)23-12-6-3-7-13-23/h2-19,31H,1H3,(H,32,34). The summed E-state index contributed by atoms with van der Waals surface area (Å²) >= 11 is 1.19. The van der Waals surface area contributed by atoms with Crippen LogP contribution in [0.4, 0.5) is 17.1 Å². The molecular formula is C30H23N3O4S. The third-order valence-corrected chi connectivity index (χ3v) is 6.85. The van der Waals surface area contributed by atoms with Gasteiger partial charge in [0, 0.05) is 21.8 Å². The van der Waals surface area contributed by atoms with Crippen LogP contribution in [-0.4, -0.2) is 24.8 Å². The second-order valence-corrected chi connectivity index (χ2v) is 9.37. The predicted octanol–water partition coefficient (Wildman–Crippen LogP) is 5.94. The van der Waals surface area contributed by atoms with Gasteiger partial charge in [-0.2, -0.15) is 0 Å². The van der Waals surface area contributed by atoms with Crippen LogP contribution in [0.3, 0.4) is 0 Å². The van der Waals surface area contributed by atoms with Crippen molar-refractivity contribution in [3.63, 3.8) is 0 Å². The molecule has 0 bridgehead atoms. The van der Waals surface area contributed by atoms with Crippen LogP contribution in [-0.2, 0) is 9.59 Å². The highest BCUT2D eigenvalue weighted by Gasteiger charge is 2.40. The van der Waals surface area contributed by atoms with E-state index in [1.165, 1.54) is 16.7 Å². The van der Waals surface area contributed by atoms with E-state index in [0.29, 0.717) is 28.4 Å². The molecule has 1 aliphatic heterocycles. The summed E-state index contributed by atoms with van der Waals surface area (Å²) in [6.45, 7) is 0. The Labute approximate surface area is 224 Å². The van der Waals surface area contributed by atoms with Crippen molar-refractivity contribution in [3.8, 4) is 5.75 Å². The lowest BCUT2D eigenvalue weighted by Crippen LogP contribution is -2.32.